The predicted octanol–water partition coefficient (Wildman–Crippen LogP) is 4.80. The molecule has 2 aliphatic rings. The molecule has 1 aliphatic carbocycles. The summed E-state index contributed by atoms with van der Waals surface area (Å²) in [4.78, 5) is 27.3. The van der Waals surface area contributed by atoms with Crippen molar-refractivity contribution in [3.63, 3.8) is 0 Å². The van der Waals surface area contributed by atoms with E-state index in [1.807, 2.05) is 0 Å². The number of anilines is 1. The number of hydrogen-bond acceptors (Lipinski definition) is 5. The van der Waals surface area contributed by atoms with Gasteiger partial charge in [0, 0.05) is 42.7 Å². The molecule has 3 aromatic rings. The van der Waals surface area contributed by atoms with Crippen LogP contribution in [0.3, 0.4) is 0 Å². The number of imidazole rings is 1. The minimum Gasteiger partial charge on any atom is -0.483 e. The smallest absolute Gasteiger partial charge is 0.290 e. The summed E-state index contributed by atoms with van der Waals surface area (Å²) in [6.45, 7) is 2.06. The molecule has 0 amide bonds. The first-order chi connectivity index (χ1) is 17.6. The van der Waals surface area contributed by atoms with Crippen LogP contribution in [0.5, 0.6) is 0 Å². The molecule has 0 saturated heterocycles. The maximum Gasteiger partial charge on any atom is 0.290 e. The molecule has 1 aromatic heterocycles. The Hall–Kier alpha value is -3.19. The molecule has 7 heteroatoms. The summed E-state index contributed by atoms with van der Waals surface area (Å²) >= 11 is 0. The van der Waals surface area contributed by atoms with Crippen molar-refractivity contribution in [1.82, 2.24) is 9.55 Å². The molecule has 194 valence electrons. The third-order valence-corrected chi connectivity index (χ3v) is 7.65. The number of carboxylic acid groups (broad SMARTS) is 1. The highest BCUT2D eigenvalue weighted by molar-refractivity contribution is 5.86. The van der Waals surface area contributed by atoms with Crippen LogP contribution >= 0.6 is 0 Å². The van der Waals surface area contributed by atoms with E-state index in [4.69, 9.17) is 14.9 Å². The first-order valence-electron chi connectivity index (χ1n) is 13.0. The van der Waals surface area contributed by atoms with Crippen LogP contribution in [-0.2, 0) is 28.9 Å². The van der Waals surface area contributed by atoms with Crippen LogP contribution in [0.1, 0.15) is 62.0 Å². The Morgan fingerprint density at radius 1 is 1.00 bits per heavy atom. The lowest BCUT2D eigenvalue weighted by Gasteiger charge is -2.34. The second-order valence-corrected chi connectivity index (χ2v) is 9.62. The fraction of sp³-hybridized carbons (Fsp3) is 0.483. The summed E-state index contributed by atoms with van der Waals surface area (Å²) in [5.74, 6) is 1.45. The molecule has 0 bridgehead atoms. The van der Waals surface area contributed by atoms with Crippen molar-refractivity contribution >= 4 is 29.5 Å². The number of benzene rings is 2. The van der Waals surface area contributed by atoms with Gasteiger partial charge >= 0.3 is 0 Å². The zero-order valence-corrected chi connectivity index (χ0v) is 21.8. The maximum absolute atomic E-state index is 11.3. The normalized spacial score (nSPS) is 20.9. The molecule has 1 saturated carbocycles. The maximum atomic E-state index is 11.3. The molecular formula is C29H40N4O3. The van der Waals surface area contributed by atoms with Gasteiger partial charge in [0.25, 0.3) is 6.47 Å². The van der Waals surface area contributed by atoms with Gasteiger partial charge in [0.2, 0.25) is 0 Å². The minimum atomic E-state index is -0.250. The Balaban J connectivity index is 0.000000674. The summed E-state index contributed by atoms with van der Waals surface area (Å²) in [6, 6.07) is 16.4. The lowest BCUT2D eigenvalue weighted by atomic mass is 9.86. The lowest BCUT2D eigenvalue weighted by molar-refractivity contribution is -0.122. The summed E-state index contributed by atoms with van der Waals surface area (Å²) in [6.07, 6.45) is 9.54. The Bertz CT molecular complexity index is 1120. The van der Waals surface area contributed by atoms with E-state index in [-0.39, 0.29) is 12.4 Å². The van der Waals surface area contributed by atoms with E-state index in [0.29, 0.717) is 12.1 Å². The van der Waals surface area contributed by atoms with E-state index in [0.717, 1.165) is 51.2 Å². The van der Waals surface area contributed by atoms with Gasteiger partial charge in [0.15, 0.2) is 0 Å². The number of aryl methyl sites for hydroxylation is 3. The van der Waals surface area contributed by atoms with Crippen LogP contribution in [0.15, 0.2) is 42.5 Å². The summed E-state index contributed by atoms with van der Waals surface area (Å²) < 4.78 is 2.54. The van der Waals surface area contributed by atoms with Gasteiger partial charge in [-0.3, -0.25) is 4.79 Å². The molecular weight excluding hydrogens is 452 g/mol. The highest BCUT2D eigenvalue weighted by Gasteiger charge is 2.28. The van der Waals surface area contributed by atoms with Crippen LogP contribution < -0.4 is 10.6 Å². The van der Waals surface area contributed by atoms with Gasteiger partial charge in [-0.15, -0.1) is 0 Å². The van der Waals surface area contributed by atoms with Crippen LogP contribution in [0.4, 0.5) is 5.69 Å². The Morgan fingerprint density at radius 3 is 2.31 bits per heavy atom. The molecule has 2 heterocycles. The standard InChI is InChI=1S/C27H33N3O.CH5N.CH2O2/c1-19-8-14-23-24(29(19)2)15-16-25-27(23)28-26(17-11-20-6-4-3-5-7-20)30(25)22-12-9-21(18-31)10-13-22;1-2;2-1-3/h3-7,15-16,18-19,21-22H,8-14,17H2,1-2H3;2H2,1H3;1H,(H,2,3). The second-order valence-electron chi connectivity index (χ2n) is 9.62. The zero-order valence-electron chi connectivity index (χ0n) is 21.8. The molecule has 0 spiro atoms. The SMILES string of the molecule is CC1CCc2c(ccc3c2nc(CCc2ccccc2)n3C2CCC(C=O)CC2)N1C.CN.O=CO. The average Bonchev–Trinajstić information content (AvgIpc) is 3.30. The van der Waals surface area contributed by atoms with Gasteiger partial charge in [-0.1, -0.05) is 30.3 Å². The molecule has 1 atom stereocenters. The van der Waals surface area contributed by atoms with Crippen LogP contribution in [0, 0.1) is 5.92 Å². The van der Waals surface area contributed by atoms with E-state index < -0.39 is 0 Å². The second kappa shape index (κ2) is 13.2. The number of nitrogens with zero attached hydrogens (tertiary/aromatic N) is 3. The van der Waals surface area contributed by atoms with Crippen molar-refractivity contribution in [2.75, 3.05) is 19.0 Å². The topological polar surface area (TPSA) is 101 Å². The fourth-order valence-electron chi connectivity index (χ4n) is 5.60. The number of aromatic nitrogens is 2. The number of fused-ring (bicyclic) bond motifs is 3. The Kier molecular flexibility index (Phi) is 10.1. The highest BCUT2D eigenvalue weighted by atomic mass is 16.3. The molecule has 36 heavy (non-hydrogen) atoms. The zero-order chi connectivity index (χ0) is 26.1. The third kappa shape index (κ3) is 5.95. The Morgan fingerprint density at radius 2 is 1.67 bits per heavy atom. The summed E-state index contributed by atoms with van der Waals surface area (Å²) in [5, 5.41) is 6.89. The van der Waals surface area contributed by atoms with E-state index in [2.05, 4.69) is 71.6 Å². The molecule has 5 rings (SSSR count). The quantitative estimate of drug-likeness (QED) is 0.496. The first-order valence-corrected chi connectivity index (χ1v) is 13.0. The van der Waals surface area contributed by atoms with Gasteiger partial charge in [-0.05, 0) is 76.6 Å². The number of carbonyl (C=O) groups is 2. The molecule has 1 aliphatic heterocycles. The third-order valence-electron chi connectivity index (χ3n) is 7.65. The molecule has 7 nitrogen and oxygen atoms in total. The number of aldehydes is 1. The molecule has 1 fully saturated rings. The van der Waals surface area contributed by atoms with Gasteiger partial charge in [0.05, 0.1) is 11.0 Å². The van der Waals surface area contributed by atoms with Gasteiger partial charge in [-0.2, -0.15) is 0 Å². The lowest BCUT2D eigenvalue weighted by Crippen LogP contribution is -2.33. The largest absolute Gasteiger partial charge is 0.483 e. The predicted molar refractivity (Wildman–Crippen MR) is 146 cm³/mol. The van der Waals surface area contributed by atoms with Crippen molar-refractivity contribution in [3.05, 3.63) is 59.4 Å². The summed E-state index contributed by atoms with van der Waals surface area (Å²) in [7, 11) is 3.71. The van der Waals surface area contributed by atoms with Crippen LogP contribution in [0.25, 0.3) is 11.0 Å². The van der Waals surface area contributed by atoms with E-state index >= 15 is 0 Å². The highest BCUT2D eigenvalue weighted by Crippen LogP contribution is 2.39. The fourth-order valence-corrected chi connectivity index (χ4v) is 5.60. The van der Waals surface area contributed by atoms with E-state index in [1.165, 1.54) is 47.1 Å². The van der Waals surface area contributed by atoms with Gasteiger partial charge in [-0.25, -0.2) is 4.98 Å². The number of rotatable bonds is 5. The molecule has 0 radical (unpaired) electrons. The van der Waals surface area contributed by atoms with Crippen molar-refractivity contribution < 1.29 is 14.7 Å². The minimum absolute atomic E-state index is 0.238. The first kappa shape index (κ1) is 27.4. The molecule has 3 N–H and O–H groups in total. The van der Waals surface area contributed by atoms with Crippen LogP contribution in [-0.4, -0.2) is 47.6 Å². The van der Waals surface area contributed by atoms with Crippen molar-refractivity contribution in [2.24, 2.45) is 11.7 Å². The summed E-state index contributed by atoms with van der Waals surface area (Å²) in [5.41, 5.74) is 11.1. The number of nitrogens with two attached hydrogens (primary N) is 1. The molecule has 2 aromatic carbocycles. The van der Waals surface area contributed by atoms with Gasteiger partial charge < -0.3 is 25.1 Å². The van der Waals surface area contributed by atoms with Gasteiger partial charge in [0.1, 0.15) is 12.1 Å². The molecule has 1 unspecified atom stereocenters. The van der Waals surface area contributed by atoms with Crippen molar-refractivity contribution in [2.45, 2.75) is 70.4 Å². The van der Waals surface area contributed by atoms with E-state index in [1.54, 1.807) is 0 Å². The van der Waals surface area contributed by atoms with Crippen molar-refractivity contribution in [1.29, 1.82) is 0 Å². The number of hydrogen-bond donors (Lipinski definition) is 2. The monoisotopic (exact) mass is 492 g/mol. The van der Waals surface area contributed by atoms with Crippen molar-refractivity contribution in [3.8, 4) is 0 Å². The average molecular weight is 493 g/mol. The number of carbonyl (C=O) groups excluding carboxylic acids is 1. The van der Waals surface area contributed by atoms with Crippen LogP contribution in [0.2, 0.25) is 0 Å². The Labute approximate surface area is 214 Å². The van der Waals surface area contributed by atoms with E-state index in [9.17, 15) is 4.79 Å².